The van der Waals surface area contributed by atoms with Gasteiger partial charge in [0.05, 0.1) is 11.2 Å². The molecule has 2 heterocycles. The third-order valence-corrected chi connectivity index (χ3v) is 8.28. The molecular formula is C30H32N2. The summed E-state index contributed by atoms with van der Waals surface area (Å²) in [7, 11) is 0. The number of rotatable bonds is 3. The van der Waals surface area contributed by atoms with E-state index in [9.17, 15) is 0 Å². The van der Waals surface area contributed by atoms with Crippen LogP contribution >= 0.6 is 0 Å². The molecule has 32 heavy (non-hydrogen) atoms. The van der Waals surface area contributed by atoms with Crippen LogP contribution in [0.5, 0.6) is 0 Å². The summed E-state index contributed by atoms with van der Waals surface area (Å²) in [5.74, 6) is 0.678. The highest BCUT2D eigenvalue weighted by Crippen LogP contribution is 2.62. The topological polar surface area (TPSA) is 6.48 Å². The van der Waals surface area contributed by atoms with E-state index in [1.165, 1.54) is 65.0 Å². The minimum atomic E-state index is 0.00162. The first kappa shape index (κ1) is 19.7. The van der Waals surface area contributed by atoms with E-state index in [0.29, 0.717) is 5.92 Å². The van der Waals surface area contributed by atoms with E-state index in [4.69, 9.17) is 0 Å². The van der Waals surface area contributed by atoms with Crippen LogP contribution in [0.25, 0.3) is 5.70 Å². The molecule has 0 saturated heterocycles. The Kier molecular flexibility index (Phi) is 4.47. The van der Waals surface area contributed by atoms with Crippen LogP contribution in [0.15, 0.2) is 84.6 Å². The summed E-state index contributed by atoms with van der Waals surface area (Å²) in [6, 6.07) is 29.2. The van der Waals surface area contributed by atoms with Gasteiger partial charge >= 0.3 is 0 Å². The number of hydrogen-bond acceptors (Lipinski definition) is 2. The van der Waals surface area contributed by atoms with Gasteiger partial charge in [0.15, 0.2) is 0 Å². The second kappa shape index (κ2) is 7.27. The van der Waals surface area contributed by atoms with Crippen molar-refractivity contribution < 1.29 is 0 Å². The summed E-state index contributed by atoms with van der Waals surface area (Å²) in [5, 5.41) is 0. The first-order valence-electron chi connectivity index (χ1n) is 12.1. The van der Waals surface area contributed by atoms with Crippen LogP contribution in [0, 0.1) is 12.8 Å². The van der Waals surface area contributed by atoms with Crippen molar-refractivity contribution >= 4 is 11.4 Å². The van der Waals surface area contributed by atoms with Crippen molar-refractivity contribution in [3.63, 3.8) is 0 Å². The SMILES string of the molecule is CC1=C2c3ccccc3C(C)(C3CCCC3)N2C(c2ccccc2)N1c1ccccc1C. The number of hydrogen-bond donors (Lipinski definition) is 0. The lowest BCUT2D eigenvalue weighted by Gasteiger charge is -2.47. The molecule has 0 N–H and O–H groups in total. The first-order valence-corrected chi connectivity index (χ1v) is 12.1. The molecule has 2 aliphatic heterocycles. The molecule has 3 aliphatic rings. The van der Waals surface area contributed by atoms with E-state index in [2.05, 4.69) is 109 Å². The van der Waals surface area contributed by atoms with Crippen molar-refractivity contribution in [3.8, 4) is 0 Å². The van der Waals surface area contributed by atoms with E-state index >= 15 is 0 Å². The third-order valence-electron chi connectivity index (χ3n) is 8.28. The summed E-state index contributed by atoms with van der Waals surface area (Å²) in [6.07, 6.45) is 5.50. The second-order valence-corrected chi connectivity index (χ2v) is 9.92. The van der Waals surface area contributed by atoms with Crippen molar-refractivity contribution in [2.45, 2.75) is 58.2 Å². The molecule has 1 saturated carbocycles. The number of fused-ring (bicyclic) bond motifs is 3. The lowest BCUT2D eigenvalue weighted by molar-refractivity contribution is 0.0854. The maximum atomic E-state index is 2.80. The number of allylic oxidation sites excluding steroid dienone is 1. The average molecular weight is 421 g/mol. The maximum absolute atomic E-state index is 2.80. The maximum Gasteiger partial charge on any atom is 0.133 e. The molecule has 162 valence electrons. The Hall–Kier alpha value is -3.00. The molecule has 3 aromatic rings. The highest BCUT2D eigenvalue weighted by atomic mass is 15.5. The van der Waals surface area contributed by atoms with Crippen molar-refractivity contribution in [2.75, 3.05) is 4.90 Å². The standard InChI is InChI=1S/C30H32N2/c1-21-13-7-12-20-27(21)31-22(2)28-25-18-10-11-19-26(25)30(3,24-16-8-9-17-24)32(28)29(31)23-14-5-4-6-15-23/h4-7,10-15,18-20,24,29H,8-9,16-17H2,1-3H3. The van der Waals surface area contributed by atoms with Gasteiger partial charge in [-0.3, -0.25) is 0 Å². The Bertz CT molecular complexity index is 1190. The first-order chi connectivity index (χ1) is 15.6. The Balaban J connectivity index is 1.64. The predicted octanol–water partition coefficient (Wildman–Crippen LogP) is 7.62. The van der Waals surface area contributed by atoms with Gasteiger partial charge in [0.2, 0.25) is 0 Å². The molecule has 0 spiro atoms. The normalized spacial score (nSPS) is 24.9. The summed E-state index contributed by atoms with van der Waals surface area (Å²) in [6.45, 7) is 7.09. The number of aryl methyl sites for hydroxylation is 1. The number of para-hydroxylation sites is 1. The number of anilines is 1. The summed E-state index contributed by atoms with van der Waals surface area (Å²) in [5.41, 5.74) is 9.73. The van der Waals surface area contributed by atoms with Gasteiger partial charge in [-0.1, -0.05) is 85.6 Å². The highest BCUT2D eigenvalue weighted by molar-refractivity contribution is 5.83. The van der Waals surface area contributed by atoms with Gasteiger partial charge < -0.3 is 9.80 Å². The Morgan fingerprint density at radius 3 is 2.19 bits per heavy atom. The van der Waals surface area contributed by atoms with Crippen LogP contribution in [0.1, 0.15) is 68.0 Å². The van der Waals surface area contributed by atoms with Crippen molar-refractivity contribution in [3.05, 3.63) is 107 Å². The van der Waals surface area contributed by atoms with Crippen molar-refractivity contribution in [1.82, 2.24) is 4.90 Å². The zero-order valence-electron chi connectivity index (χ0n) is 19.4. The van der Waals surface area contributed by atoms with E-state index in [1.807, 2.05) is 0 Å². The Morgan fingerprint density at radius 1 is 0.781 bits per heavy atom. The van der Waals surface area contributed by atoms with Gasteiger partial charge in [-0.25, -0.2) is 0 Å². The molecule has 2 heteroatoms. The average Bonchev–Trinajstić information content (AvgIpc) is 3.52. The molecule has 2 unspecified atom stereocenters. The fourth-order valence-corrected chi connectivity index (χ4v) is 6.76. The van der Waals surface area contributed by atoms with Crippen LogP contribution in [-0.4, -0.2) is 4.90 Å². The molecule has 2 nitrogen and oxygen atoms in total. The molecule has 0 aromatic heterocycles. The molecule has 1 aliphatic carbocycles. The van der Waals surface area contributed by atoms with E-state index in [-0.39, 0.29) is 11.7 Å². The molecule has 0 amide bonds. The monoisotopic (exact) mass is 420 g/mol. The zero-order valence-corrected chi connectivity index (χ0v) is 19.4. The lowest BCUT2D eigenvalue weighted by Crippen LogP contribution is -2.47. The molecule has 1 fully saturated rings. The van der Waals surface area contributed by atoms with Gasteiger partial charge in [-0.15, -0.1) is 0 Å². The number of nitrogens with zero attached hydrogens (tertiary/aromatic N) is 2. The Labute approximate surface area is 192 Å². The van der Waals surface area contributed by atoms with Gasteiger partial charge in [0.25, 0.3) is 0 Å². The van der Waals surface area contributed by atoms with Crippen LogP contribution in [0.2, 0.25) is 0 Å². The van der Waals surface area contributed by atoms with Crippen LogP contribution in [0.4, 0.5) is 5.69 Å². The van der Waals surface area contributed by atoms with Gasteiger partial charge in [-0.2, -0.15) is 0 Å². The fraction of sp³-hybridized carbons (Fsp3) is 0.333. The second-order valence-electron chi connectivity index (χ2n) is 9.92. The van der Waals surface area contributed by atoms with Crippen LogP contribution in [-0.2, 0) is 5.54 Å². The Morgan fingerprint density at radius 2 is 1.44 bits per heavy atom. The van der Waals surface area contributed by atoms with E-state index in [1.54, 1.807) is 0 Å². The van der Waals surface area contributed by atoms with E-state index < -0.39 is 0 Å². The molecule has 2 atom stereocenters. The van der Waals surface area contributed by atoms with E-state index in [0.717, 1.165) is 0 Å². The van der Waals surface area contributed by atoms with Crippen LogP contribution < -0.4 is 4.90 Å². The minimum Gasteiger partial charge on any atom is -0.335 e. The quantitative estimate of drug-likeness (QED) is 0.430. The zero-order chi connectivity index (χ0) is 21.9. The lowest BCUT2D eigenvalue weighted by atomic mass is 9.78. The molecule has 6 rings (SSSR count). The summed E-state index contributed by atoms with van der Waals surface area (Å²) < 4.78 is 0. The van der Waals surface area contributed by atoms with Gasteiger partial charge in [0, 0.05) is 16.9 Å². The fourth-order valence-electron chi connectivity index (χ4n) is 6.76. The minimum absolute atomic E-state index is 0.00162. The largest absolute Gasteiger partial charge is 0.335 e. The predicted molar refractivity (Wildman–Crippen MR) is 133 cm³/mol. The smallest absolute Gasteiger partial charge is 0.133 e. The van der Waals surface area contributed by atoms with Gasteiger partial charge in [-0.05, 0) is 62.3 Å². The molecule has 0 bridgehead atoms. The van der Waals surface area contributed by atoms with Crippen molar-refractivity contribution in [2.24, 2.45) is 5.92 Å². The van der Waals surface area contributed by atoms with Crippen LogP contribution in [0.3, 0.4) is 0 Å². The summed E-state index contributed by atoms with van der Waals surface area (Å²) >= 11 is 0. The molecule has 3 aromatic carbocycles. The van der Waals surface area contributed by atoms with Gasteiger partial charge in [0.1, 0.15) is 6.17 Å². The molecular weight excluding hydrogens is 388 g/mol. The number of benzene rings is 3. The molecule has 0 radical (unpaired) electrons. The van der Waals surface area contributed by atoms with Crippen molar-refractivity contribution in [1.29, 1.82) is 0 Å². The highest BCUT2D eigenvalue weighted by Gasteiger charge is 2.56. The third kappa shape index (κ3) is 2.59. The summed E-state index contributed by atoms with van der Waals surface area (Å²) in [4.78, 5) is 5.40.